The predicted molar refractivity (Wildman–Crippen MR) is 69.1 cm³/mol. The SMILES string of the molecule is CCCOC(=O)/C=C/C(=O)Oc1cccc([N+](=O)[O-])c1. The van der Waals surface area contributed by atoms with Crippen molar-refractivity contribution in [2.24, 2.45) is 0 Å². The maximum absolute atomic E-state index is 11.4. The molecule has 0 aliphatic heterocycles. The first-order chi connectivity index (χ1) is 9.52. The first kappa shape index (κ1) is 15.4. The van der Waals surface area contributed by atoms with Crippen LogP contribution in [0.25, 0.3) is 0 Å². The Labute approximate surface area is 114 Å². The number of nitro benzene ring substituents is 1. The molecule has 0 atom stereocenters. The van der Waals surface area contributed by atoms with Crippen molar-refractivity contribution in [2.75, 3.05) is 6.61 Å². The molecular weight excluding hydrogens is 266 g/mol. The molecule has 1 aromatic rings. The summed E-state index contributed by atoms with van der Waals surface area (Å²) < 4.78 is 9.54. The van der Waals surface area contributed by atoms with Gasteiger partial charge in [-0.1, -0.05) is 13.0 Å². The number of hydrogen-bond donors (Lipinski definition) is 0. The maximum Gasteiger partial charge on any atom is 0.336 e. The van der Waals surface area contributed by atoms with Crippen molar-refractivity contribution in [1.29, 1.82) is 0 Å². The van der Waals surface area contributed by atoms with Gasteiger partial charge in [0.2, 0.25) is 0 Å². The van der Waals surface area contributed by atoms with Gasteiger partial charge in [-0.05, 0) is 12.5 Å². The Balaban J connectivity index is 2.58. The molecule has 1 rings (SSSR count). The molecule has 0 N–H and O–H groups in total. The highest BCUT2D eigenvalue weighted by molar-refractivity contribution is 5.92. The Kier molecular flexibility index (Phi) is 5.89. The first-order valence-electron chi connectivity index (χ1n) is 5.84. The van der Waals surface area contributed by atoms with Crippen molar-refractivity contribution < 1.29 is 24.0 Å². The Bertz CT molecular complexity index is 537. The van der Waals surface area contributed by atoms with E-state index in [-0.39, 0.29) is 18.0 Å². The normalized spacial score (nSPS) is 10.2. The average molecular weight is 279 g/mol. The van der Waals surface area contributed by atoms with Crippen LogP contribution in [0.15, 0.2) is 36.4 Å². The summed E-state index contributed by atoms with van der Waals surface area (Å²) in [5.41, 5.74) is -0.193. The quantitative estimate of drug-likeness (QED) is 0.260. The standard InChI is InChI=1S/C13H13NO6/c1-2-8-19-12(15)6-7-13(16)20-11-5-3-4-10(9-11)14(17)18/h3-7,9H,2,8H2,1H3/b7-6+. The second kappa shape index (κ2) is 7.67. The largest absolute Gasteiger partial charge is 0.463 e. The number of nitro groups is 1. The molecule has 0 amide bonds. The lowest BCUT2D eigenvalue weighted by Gasteiger charge is -2.01. The number of carbonyl (C=O) groups is 2. The van der Waals surface area contributed by atoms with E-state index in [1.807, 2.05) is 6.92 Å². The van der Waals surface area contributed by atoms with Crippen LogP contribution in [0.3, 0.4) is 0 Å². The van der Waals surface area contributed by atoms with Crippen molar-refractivity contribution in [3.8, 4) is 5.75 Å². The minimum Gasteiger partial charge on any atom is -0.463 e. The van der Waals surface area contributed by atoms with Gasteiger partial charge < -0.3 is 9.47 Å². The number of hydrogen-bond acceptors (Lipinski definition) is 6. The Morgan fingerprint density at radius 2 is 2.00 bits per heavy atom. The molecule has 20 heavy (non-hydrogen) atoms. The van der Waals surface area contributed by atoms with Crippen molar-refractivity contribution >= 4 is 17.6 Å². The molecule has 7 nitrogen and oxygen atoms in total. The molecule has 106 valence electrons. The monoisotopic (exact) mass is 279 g/mol. The number of carbonyl (C=O) groups excluding carboxylic acids is 2. The zero-order valence-electron chi connectivity index (χ0n) is 10.8. The third-order valence-corrected chi connectivity index (χ3v) is 2.05. The third kappa shape index (κ3) is 5.30. The van der Waals surface area contributed by atoms with Crippen molar-refractivity contribution in [2.45, 2.75) is 13.3 Å². The van der Waals surface area contributed by atoms with Crippen LogP contribution in [-0.4, -0.2) is 23.5 Å². The van der Waals surface area contributed by atoms with E-state index in [1.54, 1.807) is 0 Å². The fraction of sp³-hybridized carbons (Fsp3) is 0.231. The fourth-order valence-electron chi connectivity index (χ4n) is 1.20. The Morgan fingerprint density at radius 3 is 2.65 bits per heavy atom. The molecule has 0 saturated heterocycles. The maximum atomic E-state index is 11.4. The van der Waals surface area contributed by atoms with E-state index in [0.29, 0.717) is 6.42 Å². The number of benzene rings is 1. The van der Waals surface area contributed by atoms with Gasteiger partial charge in [0.25, 0.3) is 5.69 Å². The van der Waals surface area contributed by atoms with Gasteiger partial charge in [-0.15, -0.1) is 0 Å². The van der Waals surface area contributed by atoms with Gasteiger partial charge in [0.15, 0.2) is 0 Å². The Morgan fingerprint density at radius 1 is 1.30 bits per heavy atom. The first-order valence-corrected chi connectivity index (χ1v) is 5.84. The number of rotatable bonds is 6. The molecule has 0 unspecified atom stereocenters. The fourth-order valence-corrected chi connectivity index (χ4v) is 1.20. The molecule has 0 aromatic heterocycles. The van der Waals surface area contributed by atoms with Gasteiger partial charge in [-0.25, -0.2) is 9.59 Å². The van der Waals surface area contributed by atoms with Gasteiger partial charge in [-0.3, -0.25) is 10.1 Å². The number of nitrogens with zero attached hydrogens (tertiary/aromatic N) is 1. The van der Waals surface area contributed by atoms with Crippen LogP contribution < -0.4 is 4.74 Å². The van der Waals surface area contributed by atoms with E-state index in [1.165, 1.54) is 18.2 Å². The third-order valence-electron chi connectivity index (χ3n) is 2.05. The molecular formula is C13H13NO6. The zero-order valence-corrected chi connectivity index (χ0v) is 10.8. The van der Waals surface area contributed by atoms with E-state index in [9.17, 15) is 19.7 Å². The van der Waals surface area contributed by atoms with Crippen LogP contribution in [0, 0.1) is 10.1 Å². The summed E-state index contributed by atoms with van der Waals surface area (Å²) in [5, 5.41) is 10.5. The average Bonchev–Trinajstić information content (AvgIpc) is 2.43. The van der Waals surface area contributed by atoms with Gasteiger partial charge in [-0.2, -0.15) is 0 Å². The molecule has 0 fully saturated rings. The smallest absolute Gasteiger partial charge is 0.336 e. The lowest BCUT2D eigenvalue weighted by molar-refractivity contribution is -0.384. The molecule has 1 aromatic carbocycles. The summed E-state index contributed by atoms with van der Waals surface area (Å²) >= 11 is 0. The van der Waals surface area contributed by atoms with Crippen molar-refractivity contribution in [1.82, 2.24) is 0 Å². The van der Waals surface area contributed by atoms with E-state index in [2.05, 4.69) is 0 Å². The molecule has 0 spiro atoms. The van der Waals surface area contributed by atoms with Crippen LogP contribution in [0.5, 0.6) is 5.75 Å². The lowest BCUT2D eigenvalue weighted by Crippen LogP contribution is -2.07. The highest BCUT2D eigenvalue weighted by Gasteiger charge is 2.08. The van der Waals surface area contributed by atoms with Gasteiger partial charge in [0.1, 0.15) is 5.75 Å². The van der Waals surface area contributed by atoms with Gasteiger partial charge in [0, 0.05) is 18.2 Å². The summed E-state index contributed by atoms with van der Waals surface area (Å²) in [6, 6.07) is 5.17. The zero-order chi connectivity index (χ0) is 15.0. The van der Waals surface area contributed by atoms with Crippen LogP contribution in [0.2, 0.25) is 0 Å². The van der Waals surface area contributed by atoms with E-state index in [4.69, 9.17) is 9.47 Å². The molecule has 0 aliphatic carbocycles. The van der Waals surface area contributed by atoms with Crippen LogP contribution in [0.4, 0.5) is 5.69 Å². The highest BCUT2D eigenvalue weighted by atomic mass is 16.6. The van der Waals surface area contributed by atoms with Crippen molar-refractivity contribution in [3.63, 3.8) is 0 Å². The second-order valence-electron chi connectivity index (χ2n) is 3.68. The summed E-state index contributed by atoms with van der Waals surface area (Å²) in [6.07, 6.45) is 2.52. The summed E-state index contributed by atoms with van der Waals surface area (Å²) in [4.78, 5) is 32.4. The van der Waals surface area contributed by atoms with Crippen LogP contribution in [-0.2, 0) is 14.3 Å². The minimum absolute atomic E-state index is 0.0239. The van der Waals surface area contributed by atoms with Gasteiger partial charge >= 0.3 is 11.9 Å². The summed E-state index contributed by atoms with van der Waals surface area (Å²) in [6.45, 7) is 2.11. The molecule has 0 radical (unpaired) electrons. The highest BCUT2D eigenvalue weighted by Crippen LogP contribution is 2.19. The molecule has 0 saturated carbocycles. The van der Waals surface area contributed by atoms with Gasteiger partial charge in [0.05, 0.1) is 17.6 Å². The topological polar surface area (TPSA) is 95.7 Å². The van der Waals surface area contributed by atoms with Crippen LogP contribution >= 0.6 is 0 Å². The van der Waals surface area contributed by atoms with E-state index >= 15 is 0 Å². The number of ether oxygens (including phenoxy) is 2. The molecule has 7 heteroatoms. The minimum atomic E-state index is -0.820. The Hall–Kier alpha value is -2.70. The summed E-state index contributed by atoms with van der Waals surface area (Å²) in [5.74, 6) is -1.45. The van der Waals surface area contributed by atoms with Crippen molar-refractivity contribution in [3.05, 3.63) is 46.5 Å². The lowest BCUT2D eigenvalue weighted by atomic mass is 10.3. The number of esters is 2. The molecule has 0 heterocycles. The van der Waals surface area contributed by atoms with E-state index in [0.717, 1.165) is 18.2 Å². The molecule has 0 bridgehead atoms. The van der Waals surface area contributed by atoms with Crippen LogP contribution in [0.1, 0.15) is 13.3 Å². The predicted octanol–water partition coefficient (Wildman–Crippen LogP) is 2.01. The second-order valence-corrected chi connectivity index (χ2v) is 3.68. The number of non-ortho nitro benzene ring substituents is 1. The van der Waals surface area contributed by atoms with E-state index < -0.39 is 16.9 Å². The molecule has 0 aliphatic rings. The summed E-state index contributed by atoms with van der Waals surface area (Å²) in [7, 11) is 0.